The Labute approximate surface area is 99.7 Å². The maximum atomic E-state index is 9.34. The summed E-state index contributed by atoms with van der Waals surface area (Å²) in [5.41, 5.74) is 1.28. The highest BCUT2D eigenvalue weighted by atomic mass is 28.3. The van der Waals surface area contributed by atoms with Crippen LogP contribution in [0.4, 0.5) is 0 Å². The highest BCUT2D eigenvalue weighted by molar-refractivity contribution is 6.76. The molecule has 1 rings (SSSR count). The first-order valence-electron chi connectivity index (χ1n) is 5.89. The van der Waals surface area contributed by atoms with E-state index in [1.165, 1.54) is 5.56 Å². The summed E-state index contributed by atoms with van der Waals surface area (Å²) in [6.45, 7) is 7.20. The van der Waals surface area contributed by atoms with Crippen LogP contribution in [0.1, 0.15) is 5.56 Å². The van der Waals surface area contributed by atoms with Crippen LogP contribution in [0.5, 0.6) is 0 Å². The van der Waals surface area contributed by atoms with Gasteiger partial charge in [-0.25, -0.2) is 0 Å². The van der Waals surface area contributed by atoms with E-state index in [1.54, 1.807) is 0 Å². The van der Waals surface area contributed by atoms with Gasteiger partial charge in [0.25, 0.3) is 0 Å². The van der Waals surface area contributed by atoms with E-state index in [9.17, 15) is 5.11 Å². The Bertz CT molecular complexity index is 295. The predicted octanol–water partition coefficient (Wildman–Crippen LogP) is 2.06. The second kappa shape index (κ2) is 6.18. The van der Waals surface area contributed by atoms with Crippen molar-refractivity contribution >= 4 is 8.07 Å². The van der Waals surface area contributed by atoms with Crippen LogP contribution in [-0.2, 0) is 6.42 Å². The fourth-order valence-corrected chi connectivity index (χ4v) is 2.45. The van der Waals surface area contributed by atoms with E-state index in [1.807, 2.05) is 18.2 Å². The molecule has 0 fully saturated rings. The average molecular weight is 237 g/mol. The van der Waals surface area contributed by atoms with Crippen LogP contribution in [0, 0.1) is 0 Å². The molecule has 0 aromatic heterocycles. The maximum Gasteiger partial charge on any atom is 0.0596 e. The minimum atomic E-state index is -1.08. The largest absolute Gasteiger partial charge is 0.395 e. The fraction of sp³-hybridized carbons (Fsp3) is 0.538. The monoisotopic (exact) mass is 237 g/mol. The third kappa shape index (κ3) is 5.44. The molecule has 1 atom stereocenters. The Morgan fingerprint density at radius 2 is 1.81 bits per heavy atom. The highest BCUT2D eigenvalue weighted by Gasteiger charge is 2.15. The van der Waals surface area contributed by atoms with Gasteiger partial charge in [-0.15, -0.1) is 0 Å². The van der Waals surface area contributed by atoms with E-state index in [0.29, 0.717) is 0 Å². The number of aliphatic hydroxyl groups excluding tert-OH is 1. The zero-order valence-electron chi connectivity index (χ0n) is 10.5. The SMILES string of the molecule is C[Si](C)(C)CN[C@H](CO)Cc1ccccc1. The third-order valence-electron chi connectivity index (χ3n) is 2.47. The van der Waals surface area contributed by atoms with E-state index >= 15 is 0 Å². The minimum Gasteiger partial charge on any atom is -0.395 e. The average Bonchev–Trinajstić information content (AvgIpc) is 2.24. The number of aliphatic hydroxyl groups is 1. The van der Waals surface area contributed by atoms with E-state index in [4.69, 9.17) is 0 Å². The molecule has 2 nitrogen and oxygen atoms in total. The molecule has 0 heterocycles. The van der Waals surface area contributed by atoms with Crippen molar-refractivity contribution in [1.29, 1.82) is 0 Å². The molecule has 0 radical (unpaired) electrons. The molecule has 0 amide bonds. The molecule has 90 valence electrons. The first-order valence-corrected chi connectivity index (χ1v) is 9.60. The van der Waals surface area contributed by atoms with Crippen LogP contribution in [0.25, 0.3) is 0 Å². The summed E-state index contributed by atoms with van der Waals surface area (Å²) in [5.74, 6) is 0. The van der Waals surface area contributed by atoms with Crippen molar-refractivity contribution in [1.82, 2.24) is 5.32 Å². The number of nitrogens with one attached hydrogen (secondary N) is 1. The molecular formula is C13H23NOSi. The van der Waals surface area contributed by atoms with Gasteiger partial charge in [-0.1, -0.05) is 50.0 Å². The lowest BCUT2D eigenvalue weighted by Gasteiger charge is -2.22. The summed E-state index contributed by atoms with van der Waals surface area (Å²) in [5, 5.41) is 12.8. The number of hydrogen-bond acceptors (Lipinski definition) is 2. The van der Waals surface area contributed by atoms with Crippen LogP contribution >= 0.6 is 0 Å². The number of rotatable bonds is 6. The van der Waals surface area contributed by atoms with E-state index in [-0.39, 0.29) is 12.6 Å². The molecular weight excluding hydrogens is 214 g/mol. The second-order valence-corrected chi connectivity index (χ2v) is 11.0. The lowest BCUT2D eigenvalue weighted by molar-refractivity contribution is 0.246. The van der Waals surface area contributed by atoms with E-state index in [2.05, 4.69) is 37.1 Å². The summed E-state index contributed by atoms with van der Waals surface area (Å²) in [6, 6.07) is 10.5. The summed E-state index contributed by atoms with van der Waals surface area (Å²) < 4.78 is 0. The molecule has 0 bridgehead atoms. The number of hydrogen-bond donors (Lipinski definition) is 2. The molecule has 0 aliphatic rings. The van der Waals surface area contributed by atoms with Crippen molar-refractivity contribution in [2.45, 2.75) is 32.1 Å². The van der Waals surface area contributed by atoms with Crippen molar-refractivity contribution in [2.24, 2.45) is 0 Å². The topological polar surface area (TPSA) is 32.3 Å². The van der Waals surface area contributed by atoms with E-state index < -0.39 is 8.07 Å². The third-order valence-corrected chi connectivity index (χ3v) is 3.73. The molecule has 3 heteroatoms. The van der Waals surface area contributed by atoms with Crippen molar-refractivity contribution < 1.29 is 5.11 Å². The molecule has 0 unspecified atom stereocenters. The van der Waals surface area contributed by atoms with Gasteiger partial charge in [0.15, 0.2) is 0 Å². The normalized spacial score (nSPS) is 13.8. The van der Waals surface area contributed by atoms with E-state index in [0.717, 1.165) is 12.6 Å². The Morgan fingerprint density at radius 1 is 1.19 bits per heavy atom. The molecule has 0 saturated carbocycles. The molecule has 16 heavy (non-hydrogen) atoms. The van der Waals surface area contributed by atoms with Gasteiger partial charge in [0.1, 0.15) is 0 Å². The summed E-state index contributed by atoms with van der Waals surface area (Å²) in [4.78, 5) is 0. The Kier molecular flexibility index (Phi) is 5.18. The van der Waals surface area contributed by atoms with Gasteiger partial charge in [-0.2, -0.15) is 0 Å². The van der Waals surface area contributed by atoms with Gasteiger partial charge < -0.3 is 10.4 Å². The molecule has 0 aliphatic carbocycles. The quantitative estimate of drug-likeness (QED) is 0.742. The van der Waals surface area contributed by atoms with Gasteiger partial charge in [0.05, 0.1) is 14.7 Å². The van der Waals surface area contributed by atoms with Crippen LogP contribution in [0.3, 0.4) is 0 Å². The van der Waals surface area contributed by atoms with Crippen molar-refractivity contribution in [3.8, 4) is 0 Å². The number of benzene rings is 1. The molecule has 1 aromatic carbocycles. The van der Waals surface area contributed by atoms with Crippen LogP contribution in [-0.4, -0.2) is 32.0 Å². The predicted molar refractivity (Wildman–Crippen MR) is 72.4 cm³/mol. The smallest absolute Gasteiger partial charge is 0.0596 e. The Morgan fingerprint density at radius 3 is 2.31 bits per heavy atom. The van der Waals surface area contributed by atoms with Crippen molar-refractivity contribution in [3.05, 3.63) is 35.9 Å². The van der Waals surface area contributed by atoms with Crippen LogP contribution in [0.15, 0.2) is 30.3 Å². The van der Waals surface area contributed by atoms with Gasteiger partial charge in [-0.05, 0) is 18.2 Å². The Hall–Kier alpha value is -0.643. The standard InChI is InChI=1S/C13H23NOSi/c1-16(2,3)11-14-13(10-15)9-12-7-5-4-6-8-12/h4-8,13-15H,9-11H2,1-3H3/t13-/m0/s1. The van der Waals surface area contributed by atoms with Gasteiger partial charge in [-0.3, -0.25) is 0 Å². The molecule has 0 spiro atoms. The molecule has 0 saturated heterocycles. The zero-order chi connectivity index (χ0) is 12.0. The summed E-state index contributed by atoms with van der Waals surface area (Å²) >= 11 is 0. The lowest BCUT2D eigenvalue weighted by Crippen LogP contribution is -2.44. The van der Waals surface area contributed by atoms with Crippen molar-refractivity contribution in [3.63, 3.8) is 0 Å². The van der Waals surface area contributed by atoms with Crippen LogP contribution in [0.2, 0.25) is 19.6 Å². The van der Waals surface area contributed by atoms with Gasteiger partial charge >= 0.3 is 0 Å². The molecule has 0 aliphatic heterocycles. The van der Waals surface area contributed by atoms with Gasteiger partial charge in [0.2, 0.25) is 0 Å². The molecule has 2 N–H and O–H groups in total. The first-order chi connectivity index (χ1) is 7.51. The molecule has 1 aromatic rings. The maximum absolute atomic E-state index is 9.34. The second-order valence-electron chi connectivity index (χ2n) is 5.51. The lowest BCUT2D eigenvalue weighted by atomic mass is 10.1. The van der Waals surface area contributed by atoms with Crippen molar-refractivity contribution in [2.75, 3.05) is 12.8 Å². The summed E-state index contributed by atoms with van der Waals surface area (Å²) in [7, 11) is -1.08. The summed E-state index contributed by atoms with van der Waals surface area (Å²) in [6.07, 6.45) is 1.97. The highest BCUT2D eigenvalue weighted by Crippen LogP contribution is 2.04. The fourth-order valence-electron chi connectivity index (χ4n) is 1.55. The first kappa shape index (κ1) is 13.4. The minimum absolute atomic E-state index is 0.189. The van der Waals surface area contributed by atoms with Gasteiger partial charge in [0, 0.05) is 6.04 Å². The van der Waals surface area contributed by atoms with Crippen LogP contribution < -0.4 is 5.32 Å². The Balaban J connectivity index is 2.44. The zero-order valence-corrected chi connectivity index (χ0v) is 11.5.